The Hall–Kier alpha value is -3.33. The first-order valence-electron chi connectivity index (χ1n) is 10.8. The largest absolute Gasteiger partial charge is 0.497 e. The van der Waals surface area contributed by atoms with Gasteiger partial charge in [-0.2, -0.15) is 0 Å². The number of ether oxygens (including phenoxy) is 1. The highest BCUT2D eigenvalue weighted by atomic mass is 28.3. The molecule has 1 aliphatic heterocycles. The zero-order valence-corrected chi connectivity index (χ0v) is 20.5. The fraction of sp³-hybridized carbons (Fsp3) is 0.320. The molecule has 0 saturated carbocycles. The van der Waals surface area contributed by atoms with Crippen LogP contribution in [0.2, 0.25) is 19.6 Å². The van der Waals surface area contributed by atoms with Crippen molar-refractivity contribution in [1.29, 1.82) is 0 Å². The van der Waals surface area contributed by atoms with Crippen LogP contribution in [0.1, 0.15) is 22.7 Å². The first-order valence-corrected chi connectivity index (χ1v) is 14.3. The molecule has 0 bridgehead atoms. The van der Waals surface area contributed by atoms with Gasteiger partial charge in [-0.1, -0.05) is 25.7 Å². The van der Waals surface area contributed by atoms with Gasteiger partial charge in [0.05, 0.1) is 15.2 Å². The molecule has 0 saturated heterocycles. The lowest BCUT2D eigenvalue weighted by atomic mass is 9.87. The predicted molar refractivity (Wildman–Crippen MR) is 126 cm³/mol. The standard InChI is InChI=1S/C25H27F2NO5Si/c1-33-17-5-6-18-16(14-17)9-10-28(22(30)7-8-23(31)32)24(18)21(29)13-15-11-19(26)25(20(27)12-15)34(2,3)4/h5-8,11-12,14,24H,9-10,13H2,1-4H3,(H,31,32)/b8-7+/t24-/m1/s1. The van der Waals surface area contributed by atoms with Crippen molar-refractivity contribution in [3.8, 4) is 5.75 Å². The van der Waals surface area contributed by atoms with E-state index in [2.05, 4.69) is 0 Å². The van der Waals surface area contributed by atoms with E-state index in [1.807, 2.05) is 19.6 Å². The summed E-state index contributed by atoms with van der Waals surface area (Å²) in [6.07, 6.45) is 1.77. The summed E-state index contributed by atoms with van der Waals surface area (Å²) < 4.78 is 34.7. The van der Waals surface area contributed by atoms with Gasteiger partial charge in [-0.25, -0.2) is 13.6 Å². The minimum Gasteiger partial charge on any atom is -0.497 e. The molecule has 6 nitrogen and oxygen atoms in total. The van der Waals surface area contributed by atoms with E-state index < -0.39 is 43.4 Å². The summed E-state index contributed by atoms with van der Waals surface area (Å²) in [7, 11) is -0.753. The Morgan fingerprint density at radius 3 is 2.32 bits per heavy atom. The number of hydrogen-bond acceptors (Lipinski definition) is 4. The Kier molecular flexibility index (Phi) is 7.35. The maximum absolute atomic E-state index is 14.7. The van der Waals surface area contributed by atoms with E-state index in [0.29, 0.717) is 23.8 Å². The van der Waals surface area contributed by atoms with Crippen LogP contribution in [0.4, 0.5) is 8.78 Å². The number of carboxylic acid groups (broad SMARTS) is 1. The van der Waals surface area contributed by atoms with Crippen LogP contribution in [0.15, 0.2) is 42.5 Å². The summed E-state index contributed by atoms with van der Waals surface area (Å²) in [6, 6.07) is 6.48. The van der Waals surface area contributed by atoms with Crippen LogP contribution >= 0.6 is 0 Å². The number of rotatable bonds is 7. The summed E-state index contributed by atoms with van der Waals surface area (Å²) in [5.41, 5.74) is 1.57. The molecule has 3 rings (SSSR count). The lowest BCUT2D eigenvalue weighted by Crippen LogP contribution is -2.44. The van der Waals surface area contributed by atoms with Crippen LogP contribution in [0.3, 0.4) is 0 Å². The molecule has 1 atom stereocenters. The number of amides is 1. The molecule has 0 aromatic heterocycles. The second-order valence-corrected chi connectivity index (χ2v) is 14.2. The van der Waals surface area contributed by atoms with Gasteiger partial charge in [0.2, 0.25) is 5.91 Å². The van der Waals surface area contributed by atoms with Crippen molar-refractivity contribution in [2.45, 2.75) is 38.5 Å². The van der Waals surface area contributed by atoms with Crippen molar-refractivity contribution in [3.05, 3.63) is 70.8 Å². The number of halogens is 2. The molecule has 34 heavy (non-hydrogen) atoms. The van der Waals surface area contributed by atoms with Crippen molar-refractivity contribution in [2.24, 2.45) is 0 Å². The van der Waals surface area contributed by atoms with Gasteiger partial charge in [-0.05, 0) is 47.4 Å². The van der Waals surface area contributed by atoms with Crippen molar-refractivity contribution >= 4 is 30.9 Å². The smallest absolute Gasteiger partial charge is 0.328 e. The number of hydrogen-bond donors (Lipinski definition) is 1. The lowest BCUT2D eigenvalue weighted by molar-refractivity contribution is -0.137. The quantitative estimate of drug-likeness (QED) is 0.478. The average Bonchev–Trinajstić information content (AvgIpc) is 2.74. The fourth-order valence-electron chi connectivity index (χ4n) is 4.30. The number of carbonyl (C=O) groups excluding carboxylic acids is 2. The number of nitrogens with zero attached hydrogens (tertiary/aromatic N) is 1. The van der Waals surface area contributed by atoms with E-state index in [0.717, 1.165) is 11.6 Å². The maximum atomic E-state index is 14.7. The monoisotopic (exact) mass is 487 g/mol. The minimum absolute atomic E-state index is 0.0782. The highest BCUT2D eigenvalue weighted by Gasteiger charge is 2.35. The SMILES string of the molecule is COc1ccc2c(c1)CCN(C(=O)/C=C/C(=O)O)[C@H]2C(=O)Cc1cc(F)c([Si](C)(C)C)c(F)c1. The number of fused-ring (bicyclic) bond motifs is 1. The third-order valence-corrected chi connectivity index (χ3v) is 7.74. The highest BCUT2D eigenvalue weighted by Crippen LogP contribution is 2.34. The zero-order valence-electron chi connectivity index (χ0n) is 19.5. The summed E-state index contributed by atoms with van der Waals surface area (Å²) >= 11 is 0. The molecule has 9 heteroatoms. The Labute approximate surface area is 197 Å². The maximum Gasteiger partial charge on any atom is 0.328 e. The van der Waals surface area contributed by atoms with Gasteiger partial charge < -0.3 is 14.7 Å². The lowest BCUT2D eigenvalue weighted by Gasteiger charge is -2.36. The molecule has 1 N–H and O–H groups in total. The Bertz CT molecular complexity index is 1150. The molecule has 0 aliphatic carbocycles. The van der Waals surface area contributed by atoms with Gasteiger partial charge in [-0.15, -0.1) is 0 Å². The molecule has 0 unspecified atom stereocenters. The van der Waals surface area contributed by atoms with Crippen LogP contribution in [-0.2, 0) is 27.2 Å². The van der Waals surface area contributed by atoms with E-state index >= 15 is 0 Å². The average molecular weight is 488 g/mol. The van der Waals surface area contributed by atoms with Crippen LogP contribution in [0.5, 0.6) is 5.75 Å². The number of ketones is 1. The van der Waals surface area contributed by atoms with Crippen LogP contribution in [0, 0.1) is 11.6 Å². The number of methoxy groups -OCH3 is 1. The molecule has 0 spiro atoms. The minimum atomic E-state index is -2.27. The summed E-state index contributed by atoms with van der Waals surface area (Å²) in [5, 5.41) is 8.95. The van der Waals surface area contributed by atoms with Crippen LogP contribution in [-0.4, -0.2) is 49.4 Å². The number of carboxylic acids is 1. The number of Topliss-reactive ketones (excluding diaryl/α,β-unsaturated/α-hetero) is 1. The second kappa shape index (κ2) is 9.88. The molecule has 2 aromatic rings. The zero-order chi connectivity index (χ0) is 25.2. The molecule has 1 heterocycles. The molecular weight excluding hydrogens is 460 g/mol. The third-order valence-electron chi connectivity index (χ3n) is 5.77. The summed E-state index contributed by atoms with van der Waals surface area (Å²) in [4.78, 5) is 38.3. The normalized spacial score (nSPS) is 15.8. The first-order chi connectivity index (χ1) is 15.9. The van der Waals surface area contributed by atoms with E-state index in [1.54, 1.807) is 18.2 Å². The predicted octanol–water partition coefficient (Wildman–Crippen LogP) is 3.40. The number of carbonyl (C=O) groups is 3. The molecule has 1 amide bonds. The fourth-order valence-corrected chi connectivity index (χ4v) is 5.87. The Morgan fingerprint density at radius 1 is 1.12 bits per heavy atom. The van der Waals surface area contributed by atoms with Crippen molar-refractivity contribution < 1.29 is 33.0 Å². The molecule has 2 aromatic carbocycles. The van der Waals surface area contributed by atoms with E-state index in [1.165, 1.54) is 24.1 Å². The second-order valence-electron chi connectivity index (χ2n) is 9.25. The van der Waals surface area contributed by atoms with Crippen molar-refractivity contribution in [1.82, 2.24) is 4.90 Å². The third kappa shape index (κ3) is 5.41. The van der Waals surface area contributed by atoms with Crippen molar-refractivity contribution in [2.75, 3.05) is 13.7 Å². The molecule has 180 valence electrons. The van der Waals surface area contributed by atoms with Crippen LogP contribution < -0.4 is 9.92 Å². The molecule has 0 radical (unpaired) electrons. The Balaban J connectivity index is 1.99. The van der Waals surface area contributed by atoms with Crippen molar-refractivity contribution in [3.63, 3.8) is 0 Å². The van der Waals surface area contributed by atoms with Gasteiger partial charge in [0.1, 0.15) is 23.4 Å². The van der Waals surface area contributed by atoms with Gasteiger partial charge in [-0.3, -0.25) is 9.59 Å². The molecule has 1 aliphatic rings. The van der Waals surface area contributed by atoms with Gasteiger partial charge >= 0.3 is 5.97 Å². The Morgan fingerprint density at radius 2 is 1.76 bits per heavy atom. The van der Waals surface area contributed by atoms with Gasteiger partial charge in [0, 0.05) is 30.3 Å². The summed E-state index contributed by atoms with van der Waals surface area (Å²) in [6.45, 7) is 5.68. The topological polar surface area (TPSA) is 83.9 Å². The first kappa shape index (κ1) is 25.3. The molecule has 0 fully saturated rings. The number of benzene rings is 2. The van der Waals surface area contributed by atoms with Gasteiger partial charge in [0.25, 0.3) is 0 Å². The van der Waals surface area contributed by atoms with Gasteiger partial charge in [0.15, 0.2) is 5.78 Å². The highest BCUT2D eigenvalue weighted by molar-refractivity contribution is 6.88. The van der Waals surface area contributed by atoms with Crippen LogP contribution in [0.25, 0.3) is 0 Å². The van der Waals surface area contributed by atoms with E-state index in [4.69, 9.17) is 9.84 Å². The van der Waals surface area contributed by atoms with E-state index in [9.17, 15) is 23.2 Å². The number of aliphatic carboxylic acids is 1. The molecular formula is C25H27F2NO5Si. The van der Waals surface area contributed by atoms with E-state index in [-0.39, 0.29) is 23.7 Å². The summed E-state index contributed by atoms with van der Waals surface area (Å²) in [5.74, 6) is -3.09.